The summed E-state index contributed by atoms with van der Waals surface area (Å²) in [5.41, 5.74) is 3.15. The Morgan fingerprint density at radius 2 is 1.61 bits per heavy atom. The Kier molecular flexibility index (Phi) is 9.31. The highest BCUT2D eigenvalue weighted by molar-refractivity contribution is 8.00. The molecule has 0 saturated carbocycles. The van der Waals surface area contributed by atoms with Gasteiger partial charge in [0.05, 0.1) is 5.25 Å². The maximum atomic E-state index is 13.1. The van der Waals surface area contributed by atoms with Gasteiger partial charge in [0.25, 0.3) is 5.56 Å². The summed E-state index contributed by atoms with van der Waals surface area (Å²) in [6.07, 6.45) is 3.10. The molecule has 3 aromatic rings. The van der Waals surface area contributed by atoms with E-state index >= 15 is 0 Å². The largest absolute Gasteiger partial charge is 0.355 e. The number of hydrogen-bond acceptors (Lipinski definition) is 4. The number of hydrogen-bond donors (Lipinski definition) is 1. The van der Waals surface area contributed by atoms with E-state index < -0.39 is 0 Å². The number of amides is 1. The van der Waals surface area contributed by atoms with E-state index in [1.165, 1.54) is 27.5 Å². The molecular weight excluding hydrogens is 430 g/mol. The van der Waals surface area contributed by atoms with Crippen LogP contribution in [0.15, 0.2) is 76.7 Å². The normalized spacial score (nSPS) is 12.0. The van der Waals surface area contributed by atoms with Gasteiger partial charge in [-0.25, -0.2) is 4.98 Å². The van der Waals surface area contributed by atoms with Crippen LogP contribution < -0.4 is 10.9 Å². The predicted molar refractivity (Wildman–Crippen MR) is 136 cm³/mol. The Hall–Kier alpha value is -2.86. The molecule has 2 aromatic carbocycles. The second-order valence-corrected chi connectivity index (χ2v) is 9.30. The number of rotatable bonds is 11. The number of carbonyl (C=O) groups excluding carboxylic acids is 1. The minimum atomic E-state index is -0.285. The summed E-state index contributed by atoms with van der Waals surface area (Å²) >= 11 is 1.38. The van der Waals surface area contributed by atoms with E-state index in [-0.39, 0.29) is 22.6 Å². The molecule has 0 saturated heterocycles. The van der Waals surface area contributed by atoms with Crippen LogP contribution in [0.5, 0.6) is 0 Å². The maximum Gasteiger partial charge on any atom is 0.254 e. The molecule has 33 heavy (non-hydrogen) atoms. The fourth-order valence-electron chi connectivity index (χ4n) is 3.83. The van der Waals surface area contributed by atoms with Crippen molar-refractivity contribution in [3.63, 3.8) is 0 Å². The van der Waals surface area contributed by atoms with E-state index in [2.05, 4.69) is 65.8 Å². The van der Waals surface area contributed by atoms with Crippen LogP contribution in [-0.4, -0.2) is 27.3 Å². The molecule has 3 rings (SSSR count). The molecule has 1 unspecified atom stereocenters. The van der Waals surface area contributed by atoms with E-state index in [0.717, 1.165) is 25.0 Å². The molecule has 0 bridgehead atoms. The molecule has 6 heteroatoms. The van der Waals surface area contributed by atoms with E-state index in [1.54, 1.807) is 13.1 Å². The molecule has 1 heterocycles. The van der Waals surface area contributed by atoms with Crippen LogP contribution >= 0.6 is 11.8 Å². The van der Waals surface area contributed by atoms with Gasteiger partial charge in [0.15, 0.2) is 5.16 Å². The molecule has 0 aliphatic heterocycles. The molecule has 0 spiro atoms. The van der Waals surface area contributed by atoms with Gasteiger partial charge in [-0.3, -0.25) is 14.2 Å². The summed E-state index contributed by atoms with van der Waals surface area (Å²) in [5, 5.41) is 3.46. The lowest BCUT2D eigenvalue weighted by atomic mass is 9.88. The van der Waals surface area contributed by atoms with Gasteiger partial charge in [-0.05, 0) is 30.4 Å². The number of thioether (sulfide) groups is 1. The zero-order valence-corrected chi connectivity index (χ0v) is 20.5. The average molecular weight is 464 g/mol. The van der Waals surface area contributed by atoms with Crippen molar-refractivity contribution < 1.29 is 4.79 Å². The molecule has 1 amide bonds. The Balaban J connectivity index is 1.69. The average Bonchev–Trinajstić information content (AvgIpc) is 2.85. The predicted octanol–water partition coefficient (Wildman–Crippen LogP) is 4.94. The Labute approximate surface area is 200 Å². The van der Waals surface area contributed by atoms with Crippen molar-refractivity contribution >= 4 is 17.7 Å². The summed E-state index contributed by atoms with van der Waals surface area (Å²) in [6.45, 7) is 4.62. The lowest BCUT2D eigenvalue weighted by Gasteiger charge is -2.20. The second kappa shape index (κ2) is 12.4. The smallest absolute Gasteiger partial charge is 0.254 e. The van der Waals surface area contributed by atoms with Crippen molar-refractivity contribution in [2.45, 2.75) is 55.9 Å². The standard InChI is InChI=1S/C27H33N3O2S/c1-4-12-24(33-27-29-22(5-2)19-25(31)30(27)3)26(32)28-18-17-23(20-13-8-6-9-14-20)21-15-10-7-11-16-21/h6-11,13-16,19,23-24H,4-5,12,17-18H2,1-3H3,(H,28,32). The van der Waals surface area contributed by atoms with Crippen molar-refractivity contribution in [2.75, 3.05) is 6.54 Å². The molecule has 1 N–H and O–H groups in total. The summed E-state index contributed by atoms with van der Waals surface area (Å²) in [4.78, 5) is 29.9. The topological polar surface area (TPSA) is 64.0 Å². The third-order valence-corrected chi connectivity index (χ3v) is 7.05. The molecule has 5 nitrogen and oxygen atoms in total. The Morgan fingerprint density at radius 3 is 2.15 bits per heavy atom. The first-order chi connectivity index (χ1) is 16.0. The van der Waals surface area contributed by atoms with Crippen molar-refractivity contribution in [2.24, 2.45) is 7.05 Å². The highest BCUT2D eigenvalue weighted by Crippen LogP contribution is 2.28. The zero-order chi connectivity index (χ0) is 23.6. The third-order valence-electron chi connectivity index (χ3n) is 5.74. The van der Waals surface area contributed by atoms with Gasteiger partial charge >= 0.3 is 0 Å². The molecule has 0 fully saturated rings. The molecule has 174 valence electrons. The molecule has 0 radical (unpaired) electrons. The number of nitrogens with zero attached hydrogens (tertiary/aromatic N) is 2. The van der Waals surface area contributed by atoms with Gasteiger partial charge in [-0.15, -0.1) is 0 Å². The van der Waals surface area contributed by atoms with Crippen molar-refractivity contribution in [3.05, 3.63) is 93.9 Å². The molecular formula is C27H33N3O2S. The summed E-state index contributed by atoms with van der Waals surface area (Å²) in [7, 11) is 1.71. The molecule has 0 aliphatic rings. The van der Waals surface area contributed by atoms with Crippen LogP contribution in [0, 0.1) is 0 Å². The monoisotopic (exact) mass is 463 g/mol. The van der Waals surface area contributed by atoms with Crippen molar-refractivity contribution in [3.8, 4) is 0 Å². The fourth-order valence-corrected chi connectivity index (χ4v) is 5.05. The van der Waals surface area contributed by atoms with E-state index in [4.69, 9.17) is 0 Å². The zero-order valence-electron chi connectivity index (χ0n) is 19.7. The second-order valence-electron chi connectivity index (χ2n) is 8.13. The van der Waals surface area contributed by atoms with Crippen LogP contribution in [0.2, 0.25) is 0 Å². The van der Waals surface area contributed by atoms with Crippen LogP contribution in [0.3, 0.4) is 0 Å². The van der Waals surface area contributed by atoms with Crippen LogP contribution in [-0.2, 0) is 18.3 Å². The highest BCUT2D eigenvalue weighted by atomic mass is 32.2. The summed E-state index contributed by atoms with van der Waals surface area (Å²) in [6, 6.07) is 22.4. The fraction of sp³-hybridized carbons (Fsp3) is 0.370. The number of carbonyl (C=O) groups is 1. The first-order valence-electron chi connectivity index (χ1n) is 11.6. The van der Waals surface area contributed by atoms with Gasteiger partial charge in [0, 0.05) is 31.3 Å². The number of aryl methyl sites for hydroxylation is 1. The minimum Gasteiger partial charge on any atom is -0.355 e. The maximum absolute atomic E-state index is 13.1. The van der Waals surface area contributed by atoms with Gasteiger partial charge in [-0.1, -0.05) is 92.7 Å². The quantitative estimate of drug-likeness (QED) is 0.323. The summed E-state index contributed by atoms with van der Waals surface area (Å²) in [5.74, 6) is 0.214. The lowest BCUT2D eigenvalue weighted by molar-refractivity contribution is -0.120. The van der Waals surface area contributed by atoms with Crippen molar-refractivity contribution in [1.82, 2.24) is 14.9 Å². The van der Waals surface area contributed by atoms with Crippen LogP contribution in [0.4, 0.5) is 0 Å². The van der Waals surface area contributed by atoms with Gasteiger partial charge in [-0.2, -0.15) is 0 Å². The Bertz CT molecular complexity index is 1040. The first kappa shape index (κ1) is 24.8. The molecule has 0 aliphatic carbocycles. The van der Waals surface area contributed by atoms with Gasteiger partial charge in [0.2, 0.25) is 5.91 Å². The highest BCUT2D eigenvalue weighted by Gasteiger charge is 2.22. The molecule has 1 aromatic heterocycles. The van der Waals surface area contributed by atoms with E-state index in [9.17, 15) is 9.59 Å². The number of aromatic nitrogens is 2. The van der Waals surface area contributed by atoms with Crippen LogP contribution in [0.25, 0.3) is 0 Å². The van der Waals surface area contributed by atoms with E-state index in [1.807, 2.05) is 19.1 Å². The van der Waals surface area contributed by atoms with Crippen LogP contribution in [0.1, 0.15) is 55.8 Å². The Morgan fingerprint density at radius 1 is 1.00 bits per heavy atom. The molecule has 1 atom stereocenters. The minimum absolute atomic E-state index is 0.00197. The lowest BCUT2D eigenvalue weighted by Crippen LogP contribution is -2.34. The third kappa shape index (κ3) is 6.81. The van der Waals surface area contributed by atoms with Gasteiger partial charge < -0.3 is 5.32 Å². The van der Waals surface area contributed by atoms with Gasteiger partial charge in [0.1, 0.15) is 0 Å². The summed E-state index contributed by atoms with van der Waals surface area (Å²) < 4.78 is 1.53. The first-order valence-corrected chi connectivity index (χ1v) is 12.5. The number of benzene rings is 2. The van der Waals surface area contributed by atoms with E-state index in [0.29, 0.717) is 18.1 Å². The SMILES string of the molecule is CCCC(Sc1nc(CC)cc(=O)n1C)C(=O)NCCC(c1ccccc1)c1ccccc1. The number of nitrogens with one attached hydrogen (secondary N) is 1. The van der Waals surface area contributed by atoms with Crippen molar-refractivity contribution in [1.29, 1.82) is 0 Å².